The number of methoxy groups -OCH3 is 1. The third kappa shape index (κ3) is 4.23. The number of aromatic nitrogens is 5. The zero-order chi connectivity index (χ0) is 28.5. The quantitative estimate of drug-likeness (QED) is 0.223. The van der Waals surface area contributed by atoms with Gasteiger partial charge in [0.25, 0.3) is 5.91 Å². The Balaban J connectivity index is 1.51. The second kappa shape index (κ2) is 9.19. The Morgan fingerprint density at radius 2 is 1.90 bits per heavy atom. The summed E-state index contributed by atoms with van der Waals surface area (Å²) in [5.74, 6) is 1.93. The monoisotopic (exact) mass is 542 g/mol. The number of aromatic amines is 2. The van der Waals surface area contributed by atoms with E-state index >= 15 is 0 Å². The van der Waals surface area contributed by atoms with Crippen LogP contribution < -0.4 is 10.1 Å². The van der Waals surface area contributed by atoms with E-state index in [2.05, 4.69) is 34.3 Å². The molecule has 208 valence electrons. The number of aryl methyl sites for hydroxylation is 3. The highest BCUT2D eigenvalue weighted by molar-refractivity contribution is 6.14. The van der Waals surface area contributed by atoms with E-state index in [9.17, 15) is 9.90 Å². The standard InChI is InChI=1S/C30H34N6O4/c1-13(2)26-20(9-22(34-26)29(37)33-17-11-30(6,38)12-17)27-25-18-10-23(39-7)19(24-14(3)36-40-15(24)4)8-21(18)35-28(25)32-16(5)31-27/h8-10,13,17,34,38H,11-12H2,1-7H3,(H,33,37)(H,31,32,35). The van der Waals surface area contributed by atoms with E-state index in [1.165, 1.54) is 0 Å². The Labute approximate surface area is 231 Å². The number of carbonyl (C=O) groups is 1. The molecule has 10 heteroatoms. The Kier molecular flexibility index (Phi) is 5.99. The number of hydrogen-bond acceptors (Lipinski definition) is 7. The fourth-order valence-electron chi connectivity index (χ4n) is 5.97. The van der Waals surface area contributed by atoms with Gasteiger partial charge in [-0.25, -0.2) is 9.97 Å². The molecule has 0 saturated heterocycles. The van der Waals surface area contributed by atoms with Crippen molar-refractivity contribution in [3.05, 3.63) is 46.9 Å². The summed E-state index contributed by atoms with van der Waals surface area (Å²) in [6.45, 7) is 11.6. The van der Waals surface area contributed by atoms with Crippen LogP contribution in [-0.4, -0.2) is 54.9 Å². The molecule has 4 aromatic heterocycles. The van der Waals surface area contributed by atoms with Crippen molar-refractivity contribution in [2.24, 2.45) is 0 Å². The summed E-state index contributed by atoms with van der Waals surface area (Å²) >= 11 is 0. The zero-order valence-electron chi connectivity index (χ0n) is 23.8. The molecule has 4 N–H and O–H groups in total. The first kappa shape index (κ1) is 26.1. The van der Waals surface area contributed by atoms with Gasteiger partial charge >= 0.3 is 0 Å². The van der Waals surface area contributed by atoms with Crippen molar-refractivity contribution in [1.82, 2.24) is 30.4 Å². The lowest BCUT2D eigenvalue weighted by molar-refractivity contribution is -0.0367. The molecule has 40 heavy (non-hydrogen) atoms. The van der Waals surface area contributed by atoms with Gasteiger partial charge in [-0.1, -0.05) is 19.0 Å². The minimum absolute atomic E-state index is 0.0438. The third-order valence-corrected chi connectivity index (χ3v) is 7.82. The molecule has 0 radical (unpaired) electrons. The minimum Gasteiger partial charge on any atom is -0.496 e. The Morgan fingerprint density at radius 3 is 2.52 bits per heavy atom. The van der Waals surface area contributed by atoms with Crippen LogP contribution in [0.25, 0.3) is 44.3 Å². The Morgan fingerprint density at radius 1 is 1.15 bits per heavy atom. The van der Waals surface area contributed by atoms with Gasteiger partial charge in [0.05, 0.1) is 35.0 Å². The van der Waals surface area contributed by atoms with E-state index in [-0.39, 0.29) is 17.9 Å². The van der Waals surface area contributed by atoms with Gasteiger partial charge in [-0.2, -0.15) is 0 Å². The molecule has 10 nitrogen and oxygen atoms in total. The molecule has 1 amide bonds. The smallest absolute Gasteiger partial charge is 0.267 e. The molecular formula is C30H34N6O4. The normalized spacial score (nSPS) is 19.0. The summed E-state index contributed by atoms with van der Waals surface area (Å²) in [6, 6.07) is 5.86. The van der Waals surface area contributed by atoms with Crippen LogP contribution in [0.1, 0.15) is 73.0 Å². The van der Waals surface area contributed by atoms with E-state index in [0.717, 1.165) is 50.1 Å². The summed E-state index contributed by atoms with van der Waals surface area (Å²) in [6.07, 6.45) is 1.09. The Hall–Kier alpha value is -4.18. The van der Waals surface area contributed by atoms with Crippen molar-refractivity contribution >= 4 is 27.8 Å². The van der Waals surface area contributed by atoms with Gasteiger partial charge in [0.2, 0.25) is 0 Å². The average Bonchev–Trinajstić information content (AvgIpc) is 3.56. The molecular weight excluding hydrogens is 508 g/mol. The van der Waals surface area contributed by atoms with Crippen molar-refractivity contribution in [2.75, 3.05) is 7.11 Å². The molecule has 1 saturated carbocycles. The molecule has 1 aliphatic carbocycles. The van der Waals surface area contributed by atoms with E-state index in [1.54, 1.807) is 14.0 Å². The summed E-state index contributed by atoms with van der Waals surface area (Å²) in [7, 11) is 1.65. The number of ether oxygens (including phenoxy) is 1. The van der Waals surface area contributed by atoms with Crippen LogP contribution in [-0.2, 0) is 0 Å². The highest BCUT2D eigenvalue weighted by Gasteiger charge is 2.39. The maximum absolute atomic E-state index is 13.2. The number of benzene rings is 1. The number of nitrogens with one attached hydrogen (secondary N) is 3. The summed E-state index contributed by atoms with van der Waals surface area (Å²) in [4.78, 5) is 29.6. The first-order valence-corrected chi connectivity index (χ1v) is 13.5. The minimum atomic E-state index is -0.714. The predicted octanol–water partition coefficient (Wildman–Crippen LogP) is 5.46. The maximum atomic E-state index is 13.2. The van der Waals surface area contributed by atoms with Gasteiger partial charge in [-0.3, -0.25) is 4.79 Å². The zero-order valence-corrected chi connectivity index (χ0v) is 23.8. The highest BCUT2D eigenvalue weighted by atomic mass is 16.5. The molecule has 0 atom stereocenters. The number of aliphatic hydroxyl groups is 1. The van der Waals surface area contributed by atoms with Gasteiger partial charge in [-0.05, 0) is 64.7 Å². The summed E-state index contributed by atoms with van der Waals surface area (Å²) < 4.78 is 11.3. The van der Waals surface area contributed by atoms with Crippen LogP contribution >= 0.6 is 0 Å². The first-order valence-electron chi connectivity index (χ1n) is 13.5. The van der Waals surface area contributed by atoms with Crippen molar-refractivity contribution in [1.29, 1.82) is 0 Å². The number of amides is 1. The van der Waals surface area contributed by atoms with Crippen LogP contribution in [0.2, 0.25) is 0 Å². The second-order valence-electron chi connectivity index (χ2n) is 11.5. The number of H-pyrrole nitrogens is 2. The van der Waals surface area contributed by atoms with E-state index in [4.69, 9.17) is 19.2 Å². The number of carbonyl (C=O) groups excluding carboxylic acids is 1. The molecule has 1 fully saturated rings. The third-order valence-electron chi connectivity index (χ3n) is 7.82. The van der Waals surface area contributed by atoms with Crippen molar-refractivity contribution < 1.29 is 19.2 Å². The number of hydrogen-bond donors (Lipinski definition) is 4. The van der Waals surface area contributed by atoms with Crippen LogP contribution in [0.4, 0.5) is 0 Å². The van der Waals surface area contributed by atoms with Gasteiger partial charge in [-0.15, -0.1) is 0 Å². The fraction of sp³-hybridized carbons (Fsp3) is 0.400. The van der Waals surface area contributed by atoms with E-state index in [1.807, 2.05) is 39.0 Å². The molecule has 5 aromatic rings. The predicted molar refractivity (Wildman–Crippen MR) is 153 cm³/mol. The Bertz CT molecular complexity index is 1760. The molecule has 6 rings (SSSR count). The van der Waals surface area contributed by atoms with Crippen molar-refractivity contribution in [3.8, 4) is 28.1 Å². The lowest BCUT2D eigenvalue weighted by Crippen LogP contribution is -2.53. The second-order valence-corrected chi connectivity index (χ2v) is 11.5. The average molecular weight is 543 g/mol. The molecule has 4 heterocycles. The SMILES string of the molecule is COc1cc2c(cc1-c1c(C)noc1C)[nH]c1nc(C)nc(-c3cc(C(=O)NC4CC(C)(O)C4)[nH]c3C(C)C)c12. The van der Waals surface area contributed by atoms with Gasteiger partial charge in [0.15, 0.2) is 0 Å². The lowest BCUT2D eigenvalue weighted by Gasteiger charge is -2.41. The summed E-state index contributed by atoms with van der Waals surface area (Å²) in [5, 5.41) is 19.0. The summed E-state index contributed by atoms with van der Waals surface area (Å²) in [5.41, 5.74) is 6.40. The highest BCUT2D eigenvalue weighted by Crippen LogP contribution is 2.42. The van der Waals surface area contributed by atoms with Crippen LogP contribution in [0.5, 0.6) is 5.75 Å². The number of rotatable bonds is 6. The molecule has 1 aromatic carbocycles. The molecule has 1 aliphatic rings. The van der Waals surface area contributed by atoms with E-state index in [0.29, 0.717) is 41.5 Å². The number of fused-ring (bicyclic) bond motifs is 3. The lowest BCUT2D eigenvalue weighted by atomic mass is 9.77. The molecule has 0 unspecified atom stereocenters. The van der Waals surface area contributed by atoms with Crippen LogP contribution in [0.15, 0.2) is 22.7 Å². The maximum Gasteiger partial charge on any atom is 0.267 e. The molecule has 0 aliphatic heterocycles. The molecule has 0 spiro atoms. The van der Waals surface area contributed by atoms with Gasteiger partial charge in [0, 0.05) is 33.8 Å². The van der Waals surface area contributed by atoms with Crippen molar-refractivity contribution in [3.63, 3.8) is 0 Å². The number of nitrogens with zero attached hydrogens (tertiary/aromatic N) is 3. The van der Waals surface area contributed by atoms with Gasteiger partial charge in [0.1, 0.15) is 28.7 Å². The van der Waals surface area contributed by atoms with Crippen LogP contribution in [0, 0.1) is 20.8 Å². The van der Waals surface area contributed by atoms with Gasteiger partial charge < -0.3 is 29.7 Å². The largest absolute Gasteiger partial charge is 0.496 e. The topological polar surface area (TPSA) is 142 Å². The van der Waals surface area contributed by atoms with Crippen molar-refractivity contribution in [2.45, 2.75) is 71.9 Å². The first-order chi connectivity index (χ1) is 19.0. The fourth-order valence-corrected chi connectivity index (χ4v) is 5.97. The van der Waals surface area contributed by atoms with E-state index < -0.39 is 5.60 Å². The van der Waals surface area contributed by atoms with Crippen LogP contribution in [0.3, 0.4) is 0 Å². The molecule has 0 bridgehead atoms.